The molecule has 1 aliphatic rings. The Labute approximate surface area is 98.3 Å². The predicted octanol–water partition coefficient (Wildman–Crippen LogP) is 1.14. The maximum atomic E-state index is 11.3. The molecule has 0 saturated heterocycles. The summed E-state index contributed by atoms with van der Waals surface area (Å²) < 4.78 is 0. The number of aromatic hydroxyl groups is 1. The number of carboxylic acid groups (broad SMARTS) is 1. The zero-order valence-corrected chi connectivity index (χ0v) is 9.11. The highest BCUT2D eigenvalue weighted by Crippen LogP contribution is 2.33. The second kappa shape index (κ2) is 4.45. The summed E-state index contributed by atoms with van der Waals surface area (Å²) in [6, 6.07) is 4.94. The van der Waals surface area contributed by atoms with Crippen molar-refractivity contribution in [3.8, 4) is 5.75 Å². The van der Waals surface area contributed by atoms with Crippen molar-refractivity contribution in [3.63, 3.8) is 0 Å². The molecule has 5 heteroatoms. The highest BCUT2D eigenvalue weighted by molar-refractivity contribution is 5.78. The van der Waals surface area contributed by atoms with Crippen LogP contribution in [-0.2, 0) is 9.59 Å². The molecule has 2 rings (SSSR count). The van der Waals surface area contributed by atoms with Crippen molar-refractivity contribution in [2.24, 2.45) is 0 Å². The molecule has 2 N–H and O–H groups in total. The van der Waals surface area contributed by atoms with Crippen LogP contribution in [0.1, 0.15) is 24.4 Å². The van der Waals surface area contributed by atoms with E-state index in [1.54, 1.807) is 0 Å². The molecule has 1 fully saturated rings. The molecule has 1 aliphatic carbocycles. The number of rotatable bonds is 5. The number of hydrogen-bond donors (Lipinski definition) is 2. The minimum atomic E-state index is -1.06. The molecule has 0 radical (unpaired) electrons. The van der Waals surface area contributed by atoms with Gasteiger partial charge in [0.15, 0.2) is 6.04 Å². The molecule has 1 amide bonds. The molecule has 1 aromatic rings. The highest BCUT2D eigenvalue weighted by atomic mass is 16.4. The van der Waals surface area contributed by atoms with E-state index in [4.69, 9.17) is 5.11 Å². The monoisotopic (exact) mass is 235 g/mol. The first-order valence-electron chi connectivity index (χ1n) is 5.38. The van der Waals surface area contributed by atoms with Gasteiger partial charge in [0.2, 0.25) is 6.41 Å². The summed E-state index contributed by atoms with van der Waals surface area (Å²) in [7, 11) is 0. The first kappa shape index (κ1) is 11.4. The predicted molar refractivity (Wildman–Crippen MR) is 59.4 cm³/mol. The van der Waals surface area contributed by atoms with Gasteiger partial charge in [0.1, 0.15) is 5.75 Å². The standard InChI is InChI=1S/C12H13NO4/c14-7-13(9-3-4-9)11(12(16)17)8-1-5-10(15)6-2-8/h1-2,5-7,9,11,15H,3-4H2,(H,16,17). The Hall–Kier alpha value is -2.04. The molecule has 0 heterocycles. The third-order valence-corrected chi connectivity index (χ3v) is 2.83. The van der Waals surface area contributed by atoms with Gasteiger partial charge >= 0.3 is 5.97 Å². The van der Waals surface area contributed by atoms with Crippen LogP contribution in [-0.4, -0.2) is 33.5 Å². The summed E-state index contributed by atoms with van der Waals surface area (Å²) in [5.41, 5.74) is 0.495. The van der Waals surface area contributed by atoms with Crippen LogP contribution < -0.4 is 0 Å². The van der Waals surface area contributed by atoms with Gasteiger partial charge in [0.05, 0.1) is 0 Å². The van der Waals surface area contributed by atoms with Crippen LogP contribution in [0, 0.1) is 0 Å². The van der Waals surface area contributed by atoms with Crippen molar-refractivity contribution < 1.29 is 19.8 Å². The van der Waals surface area contributed by atoms with E-state index in [0.29, 0.717) is 12.0 Å². The van der Waals surface area contributed by atoms with Crippen LogP contribution in [0.5, 0.6) is 5.75 Å². The topological polar surface area (TPSA) is 77.8 Å². The summed E-state index contributed by atoms with van der Waals surface area (Å²) >= 11 is 0. The lowest BCUT2D eigenvalue weighted by Gasteiger charge is -2.25. The maximum absolute atomic E-state index is 11.3. The average molecular weight is 235 g/mol. The minimum absolute atomic E-state index is 0.0300. The van der Waals surface area contributed by atoms with Crippen LogP contribution in [0.15, 0.2) is 24.3 Å². The number of carbonyl (C=O) groups is 2. The van der Waals surface area contributed by atoms with Gasteiger partial charge in [0, 0.05) is 6.04 Å². The molecule has 1 unspecified atom stereocenters. The highest BCUT2D eigenvalue weighted by Gasteiger charge is 2.37. The van der Waals surface area contributed by atoms with Gasteiger partial charge in [-0.1, -0.05) is 12.1 Å². The molecule has 0 aromatic heterocycles. The van der Waals surface area contributed by atoms with E-state index in [9.17, 15) is 14.7 Å². The van der Waals surface area contributed by atoms with Crippen molar-refractivity contribution >= 4 is 12.4 Å². The van der Waals surface area contributed by atoms with Crippen molar-refractivity contribution in [1.29, 1.82) is 0 Å². The Bertz CT molecular complexity index is 425. The van der Waals surface area contributed by atoms with E-state index in [2.05, 4.69) is 0 Å². The summed E-state index contributed by atoms with van der Waals surface area (Å²) in [6.07, 6.45) is 2.28. The third kappa shape index (κ3) is 2.38. The number of benzene rings is 1. The molecule has 0 bridgehead atoms. The van der Waals surface area contributed by atoms with Gasteiger partial charge < -0.3 is 15.1 Å². The van der Waals surface area contributed by atoms with E-state index in [1.165, 1.54) is 29.2 Å². The van der Waals surface area contributed by atoms with Crippen LogP contribution in [0.3, 0.4) is 0 Å². The second-order valence-corrected chi connectivity index (χ2v) is 4.12. The van der Waals surface area contributed by atoms with Crippen molar-refractivity contribution in [1.82, 2.24) is 4.90 Å². The number of phenols is 1. The second-order valence-electron chi connectivity index (χ2n) is 4.12. The van der Waals surface area contributed by atoms with Gasteiger partial charge in [-0.25, -0.2) is 4.79 Å². The molecule has 90 valence electrons. The zero-order chi connectivity index (χ0) is 12.4. The molecule has 1 aromatic carbocycles. The number of hydrogen-bond acceptors (Lipinski definition) is 3. The van der Waals surface area contributed by atoms with Gasteiger partial charge in [-0.2, -0.15) is 0 Å². The number of aliphatic carboxylic acids is 1. The lowest BCUT2D eigenvalue weighted by atomic mass is 10.1. The Kier molecular flexibility index (Phi) is 2.99. The summed E-state index contributed by atoms with van der Waals surface area (Å²) in [4.78, 5) is 23.6. The lowest BCUT2D eigenvalue weighted by Crippen LogP contribution is -2.34. The maximum Gasteiger partial charge on any atom is 0.331 e. The molecule has 17 heavy (non-hydrogen) atoms. The van der Waals surface area contributed by atoms with E-state index in [-0.39, 0.29) is 11.8 Å². The van der Waals surface area contributed by atoms with E-state index >= 15 is 0 Å². The first-order valence-corrected chi connectivity index (χ1v) is 5.38. The number of amides is 1. The summed E-state index contributed by atoms with van der Waals surface area (Å²) in [5.74, 6) is -0.989. The van der Waals surface area contributed by atoms with Gasteiger partial charge in [-0.05, 0) is 30.5 Å². The fourth-order valence-corrected chi connectivity index (χ4v) is 1.83. The number of carbonyl (C=O) groups excluding carboxylic acids is 1. The third-order valence-electron chi connectivity index (χ3n) is 2.83. The Morgan fingerprint density at radius 1 is 1.35 bits per heavy atom. The molecule has 0 aliphatic heterocycles. The van der Waals surface area contributed by atoms with Crippen molar-refractivity contribution in [2.45, 2.75) is 24.9 Å². The van der Waals surface area contributed by atoms with Crippen molar-refractivity contribution in [3.05, 3.63) is 29.8 Å². The average Bonchev–Trinajstić information content (AvgIpc) is 3.11. The van der Waals surface area contributed by atoms with E-state index < -0.39 is 12.0 Å². The van der Waals surface area contributed by atoms with Crippen LogP contribution in [0.25, 0.3) is 0 Å². The zero-order valence-electron chi connectivity index (χ0n) is 9.11. The fourth-order valence-electron chi connectivity index (χ4n) is 1.83. The van der Waals surface area contributed by atoms with E-state index in [0.717, 1.165) is 12.8 Å². The Balaban J connectivity index is 2.30. The van der Waals surface area contributed by atoms with Crippen LogP contribution in [0.2, 0.25) is 0 Å². The molecular formula is C12H13NO4. The first-order chi connectivity index (χ1) is 8.13. The molecule has 1 atom stereocenters. The number of nitrogens with zero attached hydrogens (tertiary/aromatic N) is 1. The Morgan fingerprint density at radius 3 is 2.35 bits per heavy atom. The number of phenolic OH excluding ortho intramolecular Hbond substituents is 1. The van der Waals surface area contributed by atoms with Gasteiger partial charge in [-0.3, -0.25) is 4.79 Å². The molecular weight excluding hydrogens is 222 g/mol. The molecule has 1 saturated carbocycles. The smallest absolute Gasteiger partial charge is 0.331 e. The van der Waals surface area contributed by atoms with Crippen LogP contribution in [0.4, 0.5) is 0 Å². The largest absolute Gasteiger partial charge is 0.508 e. The molecule has 0 spiro atoms. The van der Waals surface area contributed by atoms with Crippen molar-refractivity contribution in [2.75, 3.05) is 0 Å². The lowest BCUT2D eigenvalue weighted by molar-refractivity contribution is -0.147. The number of carboxylic acids is 1. The van der Waals surface area contributed by atoms with Crippen LogP contribution >= 0.6 is 0 Å². The Morgan fingerprint density at radius 2 is 1.94 bits per heavy atom. The van der Waals surface area contributed by atoms with E-state index in [1.807, 2.05) is 0 Å². The molecule has 5 nitrogen and oxygen atoms in total. The quantitative estimate of drug-likeness (QED) is 0.750. The van der Waals surface area contributed by atoms with Gasteiger partial charge in [-0.15, -0.1) is 0 Å². The summed E-state index contributed by atoms with van der Waals surface area (Å²) in [5, 5.41) is 18.4. The SMILES string of the molecule is O=CN(C1CC1)C(C(=O)O)c1ccc(O)cc1. The minimum Gasteiger partial charge on any atom is -0.508 e. The fraction of sp³-hybridized carbons (Fsp3) is 0.333. The normalized spacial score (nSPS) is 16.2. The van der Waals surface area contributed by atoms with Gasteiger partial charge in [0.25, 0.3) is 0 Å². The summed E-state index contributed by atoms with van der Waals surface area (Å²) in [6.45, 7) is 0.